The van der Waals surface area contributed by atoms with Crippen LogP contribution in [0.4, 0.5) is 11.4 Å². The number of anilines is 2. The van der Waals surface area contributed by atoms with Crippen molar-refractivity contribution in [3.63, 3.8) is 0 Å². The van der Waals surface area contributed by atoms with Crippen molar-refractivity contribution >= 4 is 28.3 Å². The zero-order valence-corrected chi connectivity index (χ0v) is 11.0. The first-order chi connectivity index (χ1) is 9.65. The van der Waals surface area contributed by atoms with Crippen molar-refractivity contribution in [3.8, 4) is 0 Å². The van der Waals surface area contributed by atoms with E-state index in [-0.39, 0.29) is 5.91 Å². The van der Waals surface area contributed by atoms with Gasteiger partial charge in [0.2, 0.25) is 0 Å². The smallest absolute Gasteiger partial charge is 0.258 e. The highest BCUT2D eigenvalue weighted by atomic mass is 16.2. The van der Waals surface area contributed by atoms with Gasteiger partial charge in [0.05, 0.1) is 17.4 Å². The molecule has 3 rings (SSSR count). The summed E-state index contributed by atoms with van der Waals surface area (Å²) in [6, 6.07) is 12.6. The minimum absolute atomic E-state index is 0.101. The molecule has 0 aliphatic rings. The molecular weight excluding hydrogens is 252 g/mol. The summed E-state index contributed by atoms with van der Waals surface area (Å²) in [6.45, 7) is 0. The fourth-order valence-corrected chi connectivity index (χ4v) is 2.11. The second-order valence-electron chi connectivity index (χ2n) is 4.59. The Morgan fingerprint density at radius 3 is 2.90 bits per heavy atom. The van der Waals surface area contributed by atoms with E-state index in [4.69, 9.17) is 5.73 Å². The molecule has 2 aromatic carbocycles. The Labute approximate surface area is 116 Å². The maximum Gasteiger partial charge on any atom is 0.258 e. The fourth-order valence-electron chi connectivity index (χ4n) is 2.11. The van der Waals surface area contributed by atoms with Gasteiger partial charge in [0, 0.05) is 24.0 Å². The Morgan fingerprint density at radius 2 is 2.10 bits per heavy atom. The number of nitrogens with two attached hydrogens (primary N) is 1. The Hall–Kier alpha value is -2.82. The quantitative estimate of drug-likeness (QED) is 0.699. The third kappa shape index (κ3) is 2.09. The van der Waals surface area contributed by atoms with Crippen molar-refractivity contribution in [2.24, 2.45) is 0 Å². The number of amides is 1. The van der Waals surface area contributed by atoms with Crippen LogP contribution in [-0.2, 0) is 0 Å². The highest BCUT2D eigenvalue weighted by Crippen LogP contribution is 2.20. The molecule has 0 unspecified atom stereocenters. The lowest BCUT2D eigenvalue weighted by atomic mass is 10.1. The summed E-state index contributed by atoms with van der Waals surface area (Å²) in [5, 5.41) is 0. The van der Waals surface area contributed by atoms with E-state index in [1.165, 1.54) is 0 Å². The van der Waals surface area contributed by atoms with Crippen molar-refractivity contribution in [2.45, 2.75) is 0 Å². The Morgan fingerprint density at radius 1 is 1.25 bits per heavy atom. The first-order valence-electron chi connectivity index (χ1n) is 6.22. The lowest BCUT2D eigenvalue weighted by molar-refractivity contribution is 0.0993. The third-order valence-electron chi connectivity index (χ3n) is 3.23. The van der Waals surface area contributed by atoms with Gasteiger partial charge in [0.1, 0.15) is 0 Å². The van der Waals surface area contributed by atoms with Crippen molar-refractivity contribution in [3.05, 3.63) is 54.4 Å². The van der Waals surface area contributed by atoms with E-state index >= 15 is 0 Å². The molecule has 0 aliphatic carbocycles. The van der Waals surface area contributed by atoms with E-state index in [0.717, 1.165) is 16.7 Å². The average molecular weight is 266 g/mol. The molecule has 3 aromatic rings. The predicted octanol–water partition coefficient (Wildman–Crippen LogP) is 2.42. The van der Waals surface area contributed by atoms with Crippen molar-refractivity contribution < 1.29 is 4.79 Å². The van der Waals surface area contributed by atoms with E-state index in [1.807, 2.05) is 18.2 Å². The number of aromatic amines is 1. The van der Waals surface area contributed by atoms with Crippen LogP contribution in [0.15, 0.2) is 48.8 Å². The maximum atomic E-state index is 12.4. The molecule has 0 atom stereocenters. The van der Waals surface area contributed by atoms with Crippen LogP contribution in [0, 0.1) is 0 Å². The Bertz CT molecular complexity index is 778. The molecule has 20 heavy (non-hydrogen) atoms. The standard InChI is InChI=1S/C15H14N4O/c1-19(15(20)10-3-2-4-11(16)7-10)12-5-6-13-14(8-12)18-9-17-13/h2-9H,16H2,1H3,(H,17,18). The summed E-state index contributed by atoms with van der Waals surface area (Å²) < 4.78 is 0. The van der Waals surface area contributed by atoms with Crippen molar-refractivity contribution in [1.82, 2.24) is 9.97 Å². The molecule has 0 spiro atoms. The van der Waals surface area contributed by atoms with Gasteiger partial charge in [-0.25, -0.2) is 4.98 Å². The number of carbonyl (C=O) groups is 1. The summed E-state index contributed by atoms with van der Waals surface area (Å²) in [5.41, 5.74) is 9.43. The van der Waals surface area contributed by atoms with Gasteiger partial charge in [-0.2, -0.15) is 0 Å². The van der Waals surface area contributed by atoms with Gasteiger partial charge in [-0.1, -0.05) is 6.07 Å². The topological polar surface area (TPSA) is 75.0 Å². The number of aromatic nitrogens is 2. The van der Waals surface area contributed by atoms with E-state index in [9.17, 15) is 4.79 Å². The zero-order chi connectivity index (χ0) is 14.1. The number of carbonyl (C=O) groups excluding carboxylic acids is 1. The molecule has 5 heteroatoms. The molecule has 1 aromatic heterocycles. The van der Waals surface area contributed by atoms with E-state index in [2.05, 4.69) is 9.97 Å². The molecule has 1 amide bonds. The molecule has 5 nitrogen and oxygen atoms in total. The van der Waals surface area contributed by atoms with Crippen LogP contribution in [0.5, 0.6) is 0 Å². The summed E-state index contributed by atoms with van der Waals surface area (Å²) >= 11 is 0. The van der Waals surface area contributed by atoms with Gasteiger partial charge in [-0.05, 0) is 36.4 Å². The van der Waals surface area contributed by atoms with Gasteiger partial charge in [0.15, 0.2) is 0 Å². The second-order valence-corrected chi connectivity index (χ2v) is 4.59. The maximum absolute atomic E-state index is 12.4. The van der Waals surface area contributed by atoms with Crippen LogP contribution in [0.25, 0.3) is 11.0 Å². The average Bonchev–Trinajstić information content (AvgIpc) is 2.93. The molecule has 1 heterocycles. The molecular formula is C15H14N4O. The Balaban J connectivity index is 1.94. The van der Waals surface area contributed by atoms with Gasteiger partial charge < -0.3 is 15.6 Å². The van der Waals surface area contributed by atoms with Crippen LogP contribution in [0.3, 0.4) is 0 Å². The summed E-state index contributed by atoms with van der Waals surface area (Å²) in [4.78, 5) is 21.2. The molecule has 0 saturated carbocycles. The van der Waals surface area contributed by atoms with Gasteiger partial charge in [-0.15, -0.1) is 0 Å². The predicted molar refractivity (Wildman–Crippen MR) is 79.7 cm³/mol. The summed E-state index contributed by atoms with van der Waals surface area (Å²) in [5.74, 6) is -0.101. The Kier molecular flexibility index (Phi) is 2.87. The summed E-state index contributed by atoms with van der Waals surface area (Å²) in [7, 11) is 1.74. The number of imidazole rings is 1. The number of fused-ring (bicyclic) bond motifs is 1. The number of hydrogen-bond donors (Lipinski definition) is 2. The molecule has 0 bridgehead atoms. The van der Waals surface area contributed by atoms with Gasteiger partial charge in [0.25, 0.3) is 5.91 Å². The van der Waals surface area contributed by atoms with Crippen LogP contribution in [-0.4, -0.2) is 22.9 Å². The molecule has 0 fully saturated rings. The molecule has 0 aliphatic heterocycles. The van der Waals surface area contributed by atoms with Gasteiger partial charge >= 0.3 is 0 Å². The minimum Gasteiger partial charge on any atom is -0.399 e. The fraction of sp³-hybridized carbons (Fsp3) is 0.0667. The number of rotatable bonds is 2. The highest BCUT2D eigenvalue weighted by molar-refractivity contribution is 6.06. The monoisotopic (exact) mass is 266 g/mol. The number of nitrogen functional groups attached to an aromatic ring is 1. The lowest BCUT2D eigenvalue weighted by Gasteiger charge is -2.17. The number of H-pyrrole nitrogens is 1. The molecule has 100 valence electrons. The number of nitrogens with zero attached hydrogens (tertiary/aromatic N) is 2. The van der Waals surface area contributed by atoms with Crippen molar-refractivity contribution in [2.75, 3.05) is 17.7 Å². The van der Waals surface area contributed by atoms with Crippen molar-refractivity contribution in [1.29, 1.82) is 0 Å². The number of benzene rings is 2. The van der Waals surface area contributed by atoms with Crippen LogP contribution < -0.4 is 10.6 Å². The zero-order valence-electron chi connectivity index (χ0n) is 11.0. The van der Waals surface area contributed by atoms with Gasteiger partial charge in [-0.3, -0.25) is 4.79 Å². The normalized spacial score (nSPS) is 10.7. The number of nitrogens with one attached hydrogen (secondary N) is 1. The van der Waals surface area contributed by atoms with E-state index in [1.54, 1.807) is 42.5 Å². The van der Waals surface area contributed by atoms with Crippen LogP contribution >= 0.6 is 0 Å². The first kappa shape index (κ1) is 12.2. The lowest BCUT2D eigenvalue weighted by Crippen LogP contribution is -2.26. The minimum atomic E-state index is -0.101. The SMILES string of the molecule is CN(C(=O)c1cccc(N)c1)c1ccc2nc[nH]c2c1. The second kappa shape index (κ2) is 4.70. The van der Waals surface area contributed by atoms with E-state index < -0.39 is 0 Å². The molecule has 3 N–H and O–H groups in total. The molecule has 0 saturated heterocycles. The largest absolute Gasteiger partial charge is 0.399 e. The third-order valence-corrected chi connectivity index (χ3v) is 3.23. The highest BCUT2D eigenvalue weighted by Gasteiger charge is 2.14. The molecule has 0 radical (unpaired) electrons. The van der Waals surface area contributed by atoms with Crippen LogP contribution in [0.1, 0.15) is 10.4 Å². The first-order valence-corrected chi connectivity index (χ1v) is 6.22. The number of hydrogen-bond acceptors (Lipinski definition) is 3. The summed E-state index contributed by atoms with van der Waals surface area (Å²) in [6.07, 6.45) is 1.63. The van der Waals surface area contributed by atoms with E-state index in [0.29, 0.717) is 11.3 Å². The van der Waals surface area contributed by atoms with Crippen LogP contribution in [0.2, 0.25) is 0 Å².